The number of benzene rings is 2. The Balaban J connectivity index is 1.15. The van der Waals surface area contributed by atoms with E-state index in [0.29, 0.717) is 11.8 Å². The van der Waals surface area contributed by atoms with Crippen molar-refractivity contribution < 1.29 is 35.8 Å². The number of hydrogen-bond acceptors (Lipinski definition) is 5. The van der Waals surface area contributed by atoms with Crippen molar-refractivity contribution in [1.29, 1.82) is 0 Å². The van der Waals surface area contributed by atoms with Gasteiger partial charge in [0.25, 0.3) is 0 Å². The first kappa shape index (κ1) is 28.2. The van der Waals surface area contributed by atoms with Gasteiger partial charge in [-0.1, -0.05) is 0 Å². The molecule has 11 heteroatoms. The van der Waals surface area contributed by atoms with Gasteiger partial charge in [-0.05, 0) is 93.1 Å². The third-order valence-electron chi connectivity index (χ3n) is 7.24. The first-order chi connectivity index (χ1) is 17.9. The third-order valence-corrected chi connectivity index (χ3v) is 7.24. The first-order valence-electron chi connectivity index (χ1n) is 12.8. The summed E-state index contributed by atoms with van der Waals surface area (Å²) >= 11 is 0. The van der Waals surface area contributed by atoms with Crippen LogP contribution in [-0.4, -0.2) is 63.9 Å². The smallest absolute Gasteiger partial charge is 0.406 e. The Morgan fingerprint density at radius 3 is 1.24 bits per heavy atom. The molecule has 2 aliphatic heterocycles. The lowest BCUT2D eigenvalue weighted by atomic mass is 9.93. The Morgan fingerprint density at radius 2 is 0.947 bits per heavy atom. The van der Waals surface area contributed by atoms with Crippen molar-refractivity contribution in [3.63, 3.8) is 0 Å². The van der Waals surface area contributed by atoms with E-state index < -0.39 is 12.7 Å². The molecule has 0 radical (unpaired) electrons. The molecule has 0 amide bonds. The van der Waals surface area contributed by atoms with E-state index in [0.717, 1.165) is 76.3 Å². The number of rotatable bonds is 8. The molecule has 0 N–H and O–H groups in total. The maximum absolute atomic E-state index is 12.4. The SMILES string of the molecule is CN(CC1CCN(c2ccc(OC(F)(F)F)cc2)CC1)CC1CCN(c2ccc(OC(F)(F)F)cc2)CC1. The van der Waals surface area contributed by atoms with Crippen LogP contribution in [0.1, 0.15) is 25.7 Å². The van der Waals surface area contributed by atoms with Gasteiger partial charge in [-0.15, -0.1) is 26.3 Å². The van der Waals surface area contributed by atoms with Gasteiger partial charge >= 0.3 is 12.7 Å². The van der Waals surface area contributed by atoms with Crippen molar-refractivity contribution in [1.82, 2.24) is 4.90 Å². The zero-order chi connectivity index (χ0) is 27.3. The Bertz CT molecular complexity index is 916. The van der Waals surface area contributed by atoms with Crippen molar-refractivity contribution in [3.05, 3.63) is 48.5 Å². The van der Waals surface area contributed by atoms with E-state index in [1.807, 2.05) is 0 Å². The lowest BCUT2D eigenvalue weighted by molar-refractivity contribution is -0.275. The number of piperidine rings is 2. The molecule has 0 atom stereocenters. The van der Waals surface area contributed by atoms with E-state index in [4.69, 9.17) is 0 Å². The monoisotopic (exact) mass is 545 g/mol. The summed E-state index contributed by atoms with van der Waals surface area (Å²) in [5, 5.41) is 0. The van der Waals surface area contributed by atoms with Crippen molar-refractivity contribution in [2.24, 2.45) is 11.8 Å². The molecule has 4 rings (SSSR count). The van der Waals surface area contributed by atoms with Crippen LogP contribution in [0.4, 0.5) is 37.7 Å². The summed E-state index contributed by atoms with van der Waals surface area (Å²) in [7, 11) is 2.15. The van der Waals surface area contributed by atoms with Gasteiger partial charge in [-0.3, -0.25) is 0 Å². The summed E-state index contributed by atoms with van der Waals surface area (Å²) in [4.78, 5) is 6.80. The van der Waals surface area contributed by atoms with Gasteiger partial charge in [0.15, 0.2) is 0 Å². The van der Waals surface area contributed by atoms with Crippen LogP contribution in [0.3, 0.4) is 0 Å². The van der Waals surface area contributed by atoms with Gasteiger partial charge in [0.05, 0.1) is 0 Å². The standard InChI is InChI=1S/C27H33F6N3O2/c1-34(18-20-10-14-35(15-11-20)22-2-6-24(7-3-22)37-26(28,29)30)19-21-12-16-36(17-13-21)23-4-8-25(9-5-23)38-27(31,32)33/h2-9,20-21H,10-19H2,1H3. The van der Waals surface area contributed by atoms with Crippen LogP contribution < -0.4 is 19.3 Å². The molecule has 2 fully saturated rings. The molecule has 0 spiro atoms. The van der Waals surface area contributed by atoms with Crippen molar-refractivity contribution in [2.45, 2.75) is 38.4 Å². The predicted octanol–water partition coefficient (Wildman–Crippen LogP) is 6.55. The van der Waals surface area contributed by atoms with E-state index in [1.165, 1.54) is 24.3 Å². The summed E-state index contributed by atoms with van der Waals surface area (Å²) in [6.07, 6.45) is -5.27. The largest absolute Gasteiger partial charge is 0.573 e. The lowest BCUT2D eigenvalue weighted by Gasteiger charge is -2.38. The number of nitrogens with zero attached hydrogens (tertiary/aromatic N) is 3. The average molecular weight is 546 g/mol. The van der Waals surface area contributed by atoms with Crippen molar-refractivity contribution >= 4 is 11.4 Å². The van der Waals surface area contributed by atoms with Gasteiger partial charge in [-0.25, -0.2) is 0 Å². The Morgan fingerprint density at radius 1 is 0.632 bits per heavy atom. The first-order valence-corrected chi connectivity index (χ1v) is 12.8. The summed E-state index contributed by atoms with van der Waals surface area (Å²) in [5.74, 6) is 0.720. The van der Waals surface area contributed by atoms with Crippen LogP contribution in [0, 0.1) is 11.8 Å². The maximum Gasteiger partial charge on any atom is 0.573 e. The van der Waals surface area contributed by atoms with E-state index in [-0.39, 0.29) is 11.5 Å². The van der Waals surface area contributed by atoms with Gasteiger partial charge in [0.2, 0.25) is 0 Å². The summed E-state index contributed by atoms with van der Waals surface area (Å²) < 4.78 is 82.1. The lowest BCUT2D eigenvalue weighted by Crippen LogP contribution is -2.41. The topological polar surface area (TPSA) is 28.2 Å². The van der Waals surface area contributed by atoms with Crippen LogP contribution in [-0.2, 0) is 0 Å². The molecule has 0 aliphatic carbocycles. The summed E-state index contributed by atoms with van der Waals surface area (Å²) in [6, 6.07) is 12.1. The van der Waals surface area contributed by atoms with E-state index in [1.54, 1.807) is 24.3 Å². The highest BCUT2D eigenvalue weighted by atomic mass is 19.4. The zero-order valence-corrected chi connectivity index (χ0v) is 21.3. The van der Waals surface area contributed by atoms with Crippen molar-refractivity contribution in [3.8, 4) is 11.5 Å². The fourth-order valence-corrected chi connectivity index (χ4v) is 5.42. The third kappa shape index (κ3) is 8.61. The minimum atomic E-state index is -4.69. The van der Waals surface area contributed by atoms with Gasteiger partial charge in [0, 0.05) is 50.6 Å². The van der Waals surface area contributed by atoms with E-state index in [2.05, 4.69) is 31.2 Å². The quantitative estimate of drug-likeness (QED) is 0.351. The number of hydrogen-bond donors (Lipinski definition) is 0. The highest BCUT2D eigenvalue weighted by molar-refractivity contribution is 5.50. The van der Waals surface area contributed by atoms with E-state index >= 15 is 0 Å². The Labute approximate surface area is 218 Å². The van der Waals surface area contributed by atoms with E-state index in [9.17, 15) is 26.3 Å². The van der Waals surface area contributed by atoms with Gasteiger partial charge < -0.3 is 24.2 Å². The molecular formula is C27H33F6N3O2. The molecule has 0 unspecified atom stereocenters. The second-order valence-corrected chi connectivity index (χ2v) is 10.2. The molecule has 0 bridgehead atoms. The molecule has 2 aromatic rings. The van der Waals surface area contributed by atoms with Crippen LogP contribution in [0.15, 0.2) is 48.5 Å². The minimum Gasteiger partial charge on any atom is -0.406 e. The normalized spacial score (nSPS) is 18.2. The number of anilines is 2. The number of halogens is 6. The van der Waals surface area contributed by atoms with Crippen molar-refractivity contribution in [2.75, 3.05) is 56.1 Å². The highest BCUT2D eigenvalue weighted by Crippen LogP contribution is 2.30. The van der Waals surface area contributed by atoms with Gasteiger partial charge in [-0.2, -0.15) is 0 Å². The molecule has 38 heavy (non-hydrogen) atoms. The molecule has 5 nitrogen and oxygen atoms in total. The molecule has 2 aromatic carbocycles. The van der Waals surface area contributed by atoms with Crippen LogP contribution >= 0.6 is 0 Å². The molecular weight excluding hydrogens is 512 g/mol. The second kappa shape index (κ2) is 11.9. The average Bonchev–Trinajstić information content (AvgIpc) is 2.84. The Hall–Kier alpha value is -2.82. The second-order valence-electron chi connectivity index (χ2n) is 10.2. The molecule has 2 aliphatic rings. The molecule has 0 saturated carbocycles. The van der Waals surface area contributed by atoms with Gasteiger partial charge in [0.1, 0.15) is 11.5 Å². The zero-order valence-electron chi connectivity index (χ0n) is 21.3. The predicted molar refractivity (Wildman–Crippen MR) is 134 cm³/mol. The molecule has 0 aromatic heterocycles. The Kier molecular flexibility index (Phi) is 8.85. The molecule has 2 saturated heterocycles. The summed E-state index contributed by atoms with van der Waals surface area (Å²) in [6.45, 7) is 5.47. The highest BCUT2D eigenvalue weighted by Gasteiger charge is 2.32. The van der Waals surface area contributed by atoms with Crippen LogP contribution in [0.5, 0.6) is 11.5 Å². The number of alkyl halides is 6. The fraction of sp³-hybridized carbons (Fsp3) is 0.556. The van der Waals surface area contributed by atoms with Crippen LogP contribution in [0.2, 0.25) is 0 Å². The summed E-state index contributed by atoms with van der Waals surface area (Å²) in [5.41, 5.74) is 1.81. The molecule has 2 heterocycles. The van der Waals surface area contributed by atoms with Crippen LogP contribution in [0.25, 0.3) is 0 Å². The number of ether oxygens (including phenoxy) is 2. The maximum atomic E-state index is 12.4. The fourth-order valence-electron chi connectivity index (χ4n) is 5.42. The minimum absolute atomic E-state index is 0.211. The molecule has 210 valence electrons.